The Kier molecular flexibility index (Phi) is 6.43. The van der Waals surface area contributed by atoms with E-state index in [1.165, 1.54) is 5.56 Å². The van der Waals surface area contributed by atoms with Crippen molar-refractivity contribution >= 4 is 17.3 Å². The van der Waals surface area contributed by atoms with E-state index in [2.05, 4.69) is 57.9 Å². The van der Waals surface area contributed by atoms with Crippen LogP contribution in [0.25, 0.3) is 16.6 Å². The standard InChI is InChI=1S/C26H33N5O3/c1-3-34-25(32)30-16-14-29(15-17-30)23-8-11-28-31-19-21(18-24(23)31)20-4-6-22(7-5-20)26(33-2)9-12-27-13-10-26/h4-8,11,18-19,27H,3,9-10,12-17H2,1-2H3. The zero-order chi connectivity index (χ0) is 23.5. The molecule has 0 atom stereocenters. The minimum atomic E-state index is -0.227. The van der Waals surface area contributed by atoms with Crippen LogP contribution in [0.4, 0.5) is 10.5 Å². The van der Waals surface area contributed by atoms with E-state index in [1.807, 2.05) is 24.7 Å². The zero-order valence-electron chi connectivity index (χ0n) is 20.0. The average Bonchev–Trinajstić information content (AvgIpc) is 3.34. The van der Waals surface area contributed by atoms with Crippen LogP contribution >= 0.6 is 0 Å². The summed E-state index contributed by atoms with van der Waals surface area (Å²) in [5.41, 5.74) is 5.53. The van der Waals surface area contributed by atoms with E-state index >= 15 is 0 Å². The number of methoxy groups -OCH3 is 1. The van der Waals surface area contributed by atoms with Crippen LogP contribution in [0.5, 0.6) is 0 Å². The topological polar surface area (TPSA) is 71.3 Å². The first-order valence-electron chi connectivity index (χ1n) is 12.1. The molecule has 180 valence electrons. The number of fused-ring (bicyclic) bond motifs is 1. The van der Waals surface area contributed by atoms with Gasteiger partial charge in [-0.05, 0) is 56.1 Å². The number of piperidine rings is 1. The highest BCUT2D eigenvalue weighted by atomic mass is 16.6. The number of ether oxygens (including phenoxy) is 2. The van der Waals surface area contributed by atoms with Gasteiger partial charge in [0.05, 0.1) is 23.4 Å². The summed E-state index contributed by atoms with van der Waals surface area (Å²) in [7, 11) is 1.82. The van der Waals surface area contributed by atoms with Crippen LogP contribution in [0, 0.1) is 0 Å². The summed E-state index contributed by atoms with van der Waals surface area (Å²) < 4.78 is 13.1. The third-order valence-corrected chi connectivity index (χ3v) is 7.18. The Morgan fingerprint density at radius 1 is 1.06 bits per heavy atom. The Labute approximate surface area is 200 Å². The molecule has 8 nitrogen and oxygen atoms in total. The average molecular weight is 464 g/mol. The maximum Gasteiger partial charge on any atom is 0.409 e. The van der Waals surface area contributed by atoms with Gasteiger partial charge in [0.2, 0.25) is 0 Å². The largest absolute Gasteiger partial charge is 0.450 e. The van der Waals surface area contributed by atoms with Crippen molar-refractivity contribution in [1.82, 2.24) is 19.8 Å². The van der Waals surface area contributed by atoms with Crippen LogP contribution < -0.4 is 10.2 Å². The predicted molar refractivity (Wildman–Crippen MR) is 132 cm³/mol. The van der Waals surface area contributed by atoms with Crippen molar-refractivity contribution in [1.29, 1.82) is 0 Å². The van der Waals surface area contributed by atoms with E-state index in [0.717, 1.165) is 61.4 Å². The molecule has 3 aromatic rings. The molecule has 1 N–H and O–H groups in total. The van der Waals surface area contributed by atoms with Gasteiger partial charge in [-0.2, -0.15) is 5.10 Å². The number of carbonyl (C=O) groups excluding carboxylic acids is 1. The van der Waals surface area contributed by atoms with Gasteiger partial charge in [0.1, 0.15) is 0 Å². The van der Waals surface area contributed by atoms with Gasteiger partial charge in [0.15, 0.2) is 0 Å². The summed E-state index contributed by atoms with van der Waals surface area (Å²) in [6, 6.07) is 13.0. The molecule has 4 heterocycles. The molecule has 0 bridgehead atoms. The van der Waals surface area contributed by atoms with Gasteiger partial charge in [-0.15, -0.1) is 0 Å². The Balaban J connectivity index is 1.36. The Morgan fingerprint density at radius 3 is 2.47 bits per heavy atom. The maximum atomic E-state index is 12.0. The van der Waals surface area contributed by atoms with Crippen LogP contribution in [-0.4, -0.2) is 73.6 Å². The lowest BCUT2D eigenvalue weighted by Crippen LogP contribution is -2.49. The summed E-state index contributed by atoms with van der Waals surface area (Å²) in [5.74, 6) is 0. The lowest BCUT2D eigenvalue weighted by molar-refractivity contribution is -0.0391. The molecule has 1 aromatic carbocycles. The third-order valence-electron chi connectivity index (χ3n) is 7.18. The first-order valence-corrected chi connectivity index (χ1v) is 12.1. The highest BCUT2D eigenvalue weighted by molar-refractivity contribution is 5.80. The number of benzene rings is 1. The van der Waals surface area contributed by atoms with Gasteiger partial charge in [-0.3, -0.25) is 0 Å². The van der Waals surface area contributed by atoms with Gasteiger partial charge in [0.25, 0.3) is 0 Å². The van der Waals surface area contributed by atoms with E-state index in [0.29, 0.717) is 19.7 Å². The van der Waals surface area contributed by atoms with Gasteiger partial charge in [-0.1, -0.05) is 24.3 Å². The van der Waals surface area contributed by atoms with Gasteiger partial charge >= 0.3 is 6.09 Å². The van der Waals surface area contributed by atoms with Crippen molar-refractivity contribution < 1.29 is 14.3 Å². The Morgan fingerprint density at radius 2 is 1.79 bits per heavy atom. The number of anilines is 1. The fraction of sp³-hybridized carbons (Fsp3) is 0.462. The van der Waals surface area contributed by atoms with Gasteiger partial charge in [0, 0.05) is 51.2 Å². The molecule has 8 heteroatoms. The summed E-state index contributed by atoms with van der Waals surface area (Å²) >= 11 is 0. The zero-order valence-corrected chi connectivity index (χ0v) is 20.0. The van der Waals surface area contributed by atoms with Crippen LogP contribution in [0.15, 0.2) is 48.8 Å². The van der Waals surface area contributed by atoms with Crippen LogP contribution in [0.2, 0.25) is 0 Å². The van der Waals surface area contributed by atoms with Crippen molar-refractivity contribution in [2.75, 3.05) is 57.9 Å². The highest BCUT2D eigenvalue weighted by Crippen LogP contribution is 2.36. The number of rotatable bonds is 5. The molecule has 2 aliphatic heterocycles. The fourth-order valence-corrected chi connectivity index (χ4v) is 5.18. The SMILES string of the molecule is CCOC(=O)N1CCN(c2ccnn3cc(-c4ccc(C5(OC)CCNCC5)cc4)cc23)CC1. The lowest BCUT2D eigenvalue weighted by atomic mass is 9.84. The highest BCUT2D eigenvalue weighted by Gasteiger charge is 2.33. The number of amides is 1. The second-order valence-corrected chi connectivity index (χ2v) is 8.97. The van der Waals surface area contributed by atoms with Crippen molar-refractivity contribution in [2.24, 2.45) is 0 Å². The first kappa shape index (κ1) is 22.7. The van der Waals surface area contributed by atoms with Crippen LogP contribution in [0.3, 0.4) is 0 Å². The second-order valence-electron chi connectivity index (χ2n) is 8.97. The molecule has 2 aromatic heterocycles. The number of aromatic nitrogens is 2. The predicted octanol–water partition coefficient (Wildman–Crippen LogP) is 3.50. The molecule has 0 aliphatic carbocycles. The number of piperazine rings is 1. The molecular formula is C26H33N5O3. The monoisotopic (exact) mass is 463 g/mol. The molecule has 5 rings (SSSR count). The van der Waals surface area contributed by atoms with Crippen molar-refractivity contribution in [3.8, 4) is 11.1 Å². The van der Waals surface area contributed by atoms with Crippen molar-refractivity contribution in [3.05, 3.63) is 54.4 Å². The number of nitrogens with one attached hydrogen (secondary N) is 1. The molecular weight excluding hydrogens is 430 g/mol. The van der Waals surface area contributed by atoms with Crippen LogP contribution in [-0.2, 0) is 15.1 Å². The fourth-order valence-electron chi connectivity index (χ4n) is 5.18. The summed E-state index contributed by atoms with van der Waals surface area (Å²) in [6.45, 7) is 7.03. The quantitative estimate of drug-likeness (QED) is 0.625. The molecule has 2 fully saturated rings. The van der Waals surface area contributed by atoms with Crippen molar-refractivity contribution in [2.45, 2.75) is 25.4 Å². The number of hydrogen-bond donors (Lipinski definition) is 1. The second kappa shape index (κ2) is 9.64. The first-order chi connectivity index (χ1) is 16.6. The number of hydrogen-bond acceptors (Lipinski definition) is 6. The number of nitrogens with zero attached hydrogens (tertiary/aromatic N) is 4. The van der Waals surface area contributed by atoms with E-state index in [9.17, 15) is 4.79 Å². The van der Waals surface area contributed by atoms with Gasteiger partial charge < -0.3 is 24.6 Å². The van der Waals surface area contributed by atoms with Crippen LogP contribution in [0.1, 0.15) is 25.3 Å². The molecule has 2 aliphatic rings. The van der Waals surface area contributed by atoms with E-state index < -0.39 is 0 Å². The minimum Gasteiger partial charge on any atom is -0.450 e. The molecule has 0 spiro atoms. The van der Waals surface area contributed by atoms with E-state index in [-0.39, 0.29) is 11.7 Å². The molecule has 0 unspecified atom stereocenters. The normalized spacial score (nSPS) is 18.3. The minimum absolute atomic E-state index is 0.199. The molecule has 1 amide bonds. The number of carbonyl (C=O) groups is 1. The van der Waals surface area contributed by atoms with E-state index in [4.69, 9.17) is 9.47 Å². The molecule has 0 radical (unpaired) electrons. The summed E-state index contributed by atoms with van der Waals surface area (Å²) in [5, 5.41) is 7.97. The molecule has 0 saturated carbocycles. The Hall–Kier alpha value is -3.10. The molecule has 34 heavy (non-hydrogen) atoms. The third kappa shape index (κ3) is 4.23. The summed E-state index contributed by atoms with van der Waals surface area (Å²) in [6.07, 6.45) is 5.66. The van der Waals surface area contributed by atoms with E-state index in [1.54, 1.807) is 4.90 Å². The maximum absolute atomic E-state index is 12.0. The Bertz CT molecular complexity index is 1130. The molecule has 2 saturated heterocycles. The summed E-state index contributed by atoms with van der Waals surface area (Å²) in [4.78, 5) is 16.1. The van der Waals surface area contributed by atoms with Gasteiger partial charge in [-0.25, -0.2) is 9.31 Å². The van der Waals surface area contributed by atoms with Crippen molar-refractivity contribution in [3.63, 3.8) is 0 Å². The smallest absolute Gasteiger partial charge is 0.409 e. The lowest BCUT2D eigenvalue weighted by Gasteiger charge is -2.37.